The van der Waals surface area contributed by atoms with E-state index in [0.717, 1.165) is 50.0 Å². The zero-order valence-electron chi connectivity index (χ0n) is 17.9. The van der Waals surface area contributed by atoms with Crippen molar-refractivity contribution in [2.45, 2.75) is 43.2 Å². The van der Waals surface area contributed by atoms with Crippen molar-refractivity contribution >= 4 is 15.8 Å². The molecule has 1 aliphatic heterocycles. The van der Waals surface area contributed by atoms with E-state index in [1.54, 1.807) is 12.1 Å². The summed E-state index contributed by atoms with van der Waals surface area (Å²) in [6.07, 6.45) is 4.15. The average Bonchev–Trinajstić information content (AvgIpc) is 3.57. The third kappa shape index (κ3) is 5.54. The number of hydrogen-bond acceptors (Lipinski definition) is 6. The molecule has 0 amide bonds. The standard InChI is InChI=1S/C24H27N3O4S/c25-17-18-4-1-5-22(16-18)32(29,30)26-23-6-2-13-27(23)14-3-15-31-21-11-9-20(10-12-21)24(28)19-7-8-19/h1,4-5,9-12,16,19,23,26H,2-3,6-8,13-15H2. The number of Topliss-reactive ketones (excluding diaryl/α,β-unsaturated/α-hetero) is 1. The molecule has 168 valence electrons. The molecule has 2 aliphatic rings. The Labute approximate surface area is 189 Å². The lowest BCUT2D eigenvalue weighted by molar-refractivity contribution is 0.0967. The molecule has 32 heavy (non-hydrogen) atoms. The van der Waals surface area contributed by atoms with Crippen LogP contribution in [0.4, 0.5) is 0 Å². The van der Waals surface area contributed by atoms with Gasteiger partial charge < -0.3 is 4.74 Å². The number of nitrogens with one attached hydrogen (secondary N) is 1. The molecule has 1 aliphatic carbocycles. The first-order chi connectivity index (χ1) is 15.5. The van der Waals surface area contributed by atoms with Gasteiger partial charge in [0, 0.05) is 18.0 Å². The fraction of sp³-hybridized carbons (Fsp3) is 0.417. The number of benzene rings is 2. The van der Waals surface area contributed by atoms with Crippen LogP contribution in [-0.2, 0) is 10.0 Å². The molecule has 8 heteroatoms. The highest BCUT2D eigenvalue weighted by molar-refractivity contribution is 7.89. The maximum atomic E-state index is 12.7. The van der Waals surface area contributed by atoms with Crippen molar-refractivity contribution in [3.8, 4) is 11.8 Å². The van der Waals surface area contributed by atoms with Gasteiger partial charge in [-0.15, -0.1) is 0 Å². The highest BCUT2D eigenvalue weighted by Gasteiger charge is 2.30. The molecule has 1 unspecified atom stereocenters. The summed E-state index contributed by atoms with van der Waals surface area (Å²) in [5.41, 5.74) is 1.06. The Kier molecular flexibility index (Phi) is 6.89. The molecule has 4 rings (SSSR count). The van der Waals surface area contributed by atoms with E-state index in [4.69, 9.17) is 10.00 Å². The second kappa shape index (κ2) is 9.82. The molecule has 1 saturated heterocycles. The Morgan fingerprint density at radius 3 is 2.66 bits per heavy atom. The number of carbonyl (C=O) groups is 1. The van der Waals surface area contributed by atoms with Gasteiger partial charge in [0.05, 0.1) is 29.3 Å². The van der Waals surface area contributed by atoms with Crippen molar-refractivity contribution < 1.29 is 17.9 Å². The van der Waals surface area contributed by atoms with Crippen LogP contribution in [0.25, 0.3) is 0 Å². The molecule has 0 radical (unpaired) electrons. The minimum Gasteiger partial charge on any atom is -0.494 e. The first-order valence-corrected chi connectivity index (χ1v) is 12.5. The van der Waals surface area contributed by atoms with Gasteiger partial charge in [0.2, 0.25) is 10.0 Å². The summed E-state index contributed by atoms with van der Waals surface area (Å²) < 4.78 is 34.1. The Balaban J connectivity index is 1.25. The monoisotopic (exact) mass is 453 g/mol. The molecule has 0 aromatic heterocycles. The number of nitriles is 1. The van der Waals surface area contributed by atoms with Gasteiger partial charge in [-0.1, -0.05) is 6.07 Å². The first-order valence-electron chi connectivity index (χ1n) is 11.0. The van der Waals surface area contributed by atoms with Crippen LogP contribution in [0.2, 0.25) is 0 Å². The number of hydrogen-bond donors (Lipinski definition) is 1. The van der Waals surface area contributed by atoms with E-state index in [2.05, 4.69) is 9.62 Å². The second-order valence-corrected chi connectivity index (χ2v) is 10.0. The molecule has 1 atom stereocenters. The molecule has 1 heterocycles. The third-order valence-corrected chi connectivity index (χ3v) is 7.33. The van der Waals surface area contributed by atoms with Crippen molar-refractivity contribution in [2.75, 3.05) is 19.7 Å². The Morgan fingerprint density at radius 1 is 1.16 bits per heavy atom. The fourth-order valence-corrected chi connectivity index (χ4v) is 5.26. The first kappa shape index (κ1) is 22.5. The van der Waals surface area contributed by atoms with Crippen molar-refractivity contribution in [1.29, 1.82) is 5.26 Å². The fourth-order valence-electron chi connectivity index (χ4n) is 3.96. The summed E-state index contributed by atoms with van der Waals surface area (Å²) in [7, 11) is -3.70. The van der Waals surface area contributed by atoms with E-state index >= 15 is 0 Å². The number of sulfonamides is 1. The molecule has 2 aromatic carbocycles. The molecule has 1 N–H and O–H groups in total. The Hall–Kier alpha value is -2.73. The number of rotatable bonds is 10. The van der Waals surface area contributed by atoms with Gasteiger partial charge >= 0.3 is 0 Å². The van der Waals surface area contributed by atoms with E-state index in [0.29, 0.717) is 18.7 Å². The second-order valence-electron chi connectivity index (χ2n) is 8.32. The smallest absolute Gasteiger partial charge is 0.241 e. The lowest BCUT2D eigenvalue weighted by Crippen LogP contribution is -2.44. The predicted octanol–water partition coefficient (Wildman–Crippen LogP) is 3.32. The van der Waals surface area contributed by atoms with Crippen LogP contribution >= 0.6 is 0 Å². The molecule has 2 aromatic rings. The highest BCUT2D eigenvalue weighted by Crippen LogP contribution is 2.32. The molecule has 7 nitrogen and oxygen atoms in total. The van der Waals surface area contributed by atoms with Crippen molar-refractivity contribution in [3.05, 3.63) is 59.7 Å². The summed E-state index contributed by atoms with van der Waals surface area (Å²) in [5.74, 6) is 1.16. The molecule has 0 bridgehead atoms. The van der Waals surface area contributed by atoms with Crippen molar-refractivity contribution in [2.24, 2.45) is 5.92 Å². The number of ether oxygens (including phenoxy) is 1. The maximum absolute atomic E-state index is 12.7. The van der Waals surface area contributed by atoms with Crippen LogP contribution in [0.3, 0.4) is 0 Å². The quantitative estimate of drug-likeness (QED) is 0.438. The lowest BCUT2D eigenvalue weighted by Gasteiger charge is -2.25. The minimum atomic E-state index is -3.70. The van der Waals surface area contributed by atoms with Gasteiger partial charge in [-0.3, -0.25) is 9.69 Å². The summed E-state index contributed by atoms with van der Waals surface area (Å²) in [5, 5.41) is 9.02. The van der Waals surface area contributed by atoms with Gasteiger partial charge in [-0.25, -0.2) is 8.42 Å². The van der Waals surface area contributed by atoms with Gasteiger partial charge in [0.25, 0.3) is 0 Å². The van der Waals surface area contributed by atoms with Crippen molar-refractivity contribution in [1.82, 2.24) is 9.62 Å². The number of carbonyl (C=O) groups excluding carboxylic acids is 1. The van der Waals surface area contributed by atoms with Gasteiger partial charge in [0.15, 0.2) is 5.78 Å². The topological polar surface area (TPSA) is 99.5 Å². The predicted molar refractivity (Wildman–Crippen MR) is 120 cm³/mol. The van der Waals surface area contributed by atoms with Crippen LogP contribution in [0.1, 0.15) is 48.0 Å². The van der Waals surface area contributed by atoms with Crippen LogP contribution in [0, 0.1) is 17.2 Å². The lowest BCUT2D eigenvalue weighted by atomic mass is 10.1. The van der Waals surface area contributed by atoms with Gasteiger partial charge in [-0.05, 0) is 81.1 Å². The van der Waals surface area contributed by atoms with E-state index in [1.165, 1.54) is 12.1 Å². The SMILES string of the molecule is N#Cc1cccc(S(=O)(=O)NC2CCCN2CCCOc2ccc(C(=O)C3CC3)cc2)c1. The van der Waals surface area contributed by atoms with Crippen molar-refractivity contribution in [3.63, 3.8) is 0 Å². The molecule has 2 fully saturated rings. The van der Waals surface area contributed by atoms with Crippen LogP contribution in [0.5, 0.6) is 5.75 Å². The third-order valence-electron chi connectivity index (χ3n) is 5.87. The maximum Gasteiger partial charge on any atom is 0.241 e. The Bertz CT molecular complexity index is 1100. The highest BCUT2D eigenvalue weighted by atomic mass is 32.2. The van der Waals surface area contributed by atoms with Crippen LogP contribution in [-0.4, -0.2) is 45.0 Å². The van der Waals surface area contributed by atoms with Gasteiger partial charge in [-0.2, -0.15) is 9.98 Å². The van der Waals surface area contributed by atoms with E-state index < -0.39 is 10.0 Å². The van der Waals surface area contributed by atoms with Gasteiger partial charge in [0.1, 0.15) is 5.75 Å². The zero-order chi connectivity index (χ0) is 22.6. The van der Waals surface area contributed by atoms with Crippen LogP contribution in [0.15, 0.2) is 53.4 Å². The summed E-state index contributed by atoms with van der Waals surface area (Å²) in [6, 6.07) is 15.3. The summed E-state index contributed by atoms with van der Waals surface area (Å²) in [4.78, 5) is 14.3. The van der Waals surface area contributed by atoms with E-state index in [-0.39, 0.29) is 22.8 Å². The number of ketones is 1. The number of likely N-dealkylation sites (tertiary alicyclic amines) is 1. The normalized spacial score (nSPS) is 18.9. The Morgan fingerprint density at radius 2 is 1.94 bits per heavy atom. The summed E-state index contributed by atoms with van der Waals surface area (Å²) in [6.45, 7) is 2.04. The molecular formula is C24H27N3O4S. The molecule has 1 saturated carbocycles. The molecular weight excluding hydrogens is 426 g/mol. The average molecular weight is 454 g/mol. The molecule has 0 spiro atoms. The number of nitrogens with zero attached hydrogens (tertiary/aromatic N) is 2. The van der Waals surface area contributed by atoms with E-state index in [9.17, 15) is 13.2 Å². The summed E-state index contributed by atoms with van der Waals surface area (Å²) >= 11 is 0. The largest absolute Gasteiger partial charge is 0.494 e. The van der Waals surface area contributed by atoms with E-state index in [1.807, 2.05) is 30.3 Å². The zero-order valence-corrected chi connectivity index (χ0v) is 18.7. The van der Waals surface area contributed by atoms with Crippen LogP contribution < -0.4 is 9.46 Å². The minimum absolute atomic E-state index is 0.107.